The average molecular weight is 166 g/mol. The normalized spacial score (nSPS) is 21.6. The number of carbonyl (C=O) groups is 1. The summed E-state index contributed by atoms with van der Waals surface area (Å²) in [5.74, 6) is 5.86. The van der Waals surface area contributed by atoms with Crippen molar-refractivity contribution in [1.29, 1.82) is 0 Å². The van der Waals surface area contributed by atoms with Crippen LogP contribution in [0, 0.1) is 11.8 Å². The van der Waals surface area contributed by atoms with Crippen molar-refractivity contribution in [3.63, 3.8) is 0 Å². The van der Waals surface area contributed by atoms with Gasteiger partial charge in [-0.3, -0.25) is 4.79 Å². The molecule has 1 heterocycles. The highest BCUT2D eigenvalue weighted by atomic mass is 16.5. The first-order chi connectivity index (χ1) is 5.84. The largest absolute Gasteiger partial charge is 0.370 e. The Balaban J connectivity index is 2.21. The summed E-state index contributed by atoms with van der Waals surface area (Å²) in [7, 11) is 0. The Hall–Kier alpha value is -0.810. The molecule has 0 spiro atoms. The number of rotatable bonds is 3. The second-order valence-corrected chi connectivity index (χ2v) is 2.89. The zero-order valence-corrected chi connectivity index (χ0v) is 7.43. The van der Waals surface area contributed by atoms with Crippen molar-refractivity contribution in [2.45, 2.75) is 38.7 Å². The van der Waals surface area contributed by atoms with Crippen LogP contribution in [0.4, 0.5) is 0 Å². The molecule has 12 heavy (non-hydrogen) atoms. The lowest BCUT2D eigenvalue weighted by Gasteiger charge is -2.05. The lowest BCUT2D eigenvalue weighted by Crippen LogP contribution is -2.18. The molecule has 0 aromatic rings. The maximum atomic E-state index is 11.3. The van der Waals surface area contributed by atoms with E-state index in [1.54, 1.807) is 6.92 Å². The molecule has 0 bridgehead atoms. The molecule has 66 valence electrons. The minimum atomic E-state index is -0.122. The van der Waals surface area contributed by atoms with E-state index in [9.17, 15) is 4.79 Å². The van der Waals surface area contributed by atoms with Crippen LogP contribution < -0.4 is 0 Å². The minimum Gasteiger partial charge on any atom is -0.370 e. The maximum absolute atomic E-state index is 11.3. The fourth-order valence-corrected chi connectivity index (χ4v) is 1.30. The van der Waals surface area contributed by atoms with Crippen LogP contribution in [0.25, 0.3) is 0 Å². The average Bonchev–Trinajstić information content (AvgIpc) is 2.56. The van der Waals surface area contributed by atoms with Gasteiger partial charge in [-0.25, -0.2) is 0 Å². The molecular formula is C10H14O2. The molecule has 1 rings (SSSR count). The van der Waals surface area contributed by atoms with Crippen molar-refractivity contribution in [3.05, 3.63) is 0 Å². The van der Waals surface area contributed by atoms with Gasteiger partial charge in [0.15, 0.2) is 5.78 Å². The van der Waals surface area contributed by atoms with Gasteiger partial charge in [-0.05, 0) is 19.8 Å². The zero-order valence-electron chi connectivity index (χ0n) is 7.43. The fraction of sp³-hybridized carbons (Fsp3) is 0.700. The predicted octanol–water partition coefficient (Wildman–Crippen LogP) is 1.54. The molecule has 0 aliphatic carbocycles. The molecule has 1 fully saturated rings. The Morgan fingerprint density at radius 3 is 3.08 bits per heavy atom. The molecule has 0 amide bonds. The van der Waals surface area contributed by atoms with Gasteiger partial charge in [0.05, 0.1) is 0 Å². The molecule has 0 N–H and O–H groups in total. The number of ketones is 1. The van der Waals surface area contributed by atoms with Crippen LogP contribution in [0.15, 0.2) is 0 Å². The van der Waals surface area contributed by atoms with Crippen LogP contribution >= 0.6 is 0 Å². The number of hydrogen-bond donors (Lipinski definition) is 0. The van der Waals surface area contributed by atoms with Crippen LogP contribution in [-0.2, 0) is 9.53 Å². The highest BCUT2D eigenvalue weighted by Gasteiger charge is 2.22. The molecular weight excluding hydrogens is 152 g/mol. The first-order valence-corrected chi connectivity index (χ1v) is 4.38. The third-order valence-electron chi connectivity index (χ3n) is 1.96. The maximum Gasteiger partial charge on any atom is 0.162 e. The molecule has 0 aromatic carbocycles. The van der Waals surface area contributed by atoms with Gasteiger partial charge >= 0.3 is 0 Å². The molecule has 2 nitrogen and oxygen atoms in total. The van der Waals surface area contributed by atoms with Crippen LogP contribution in [0.1, 0.15) is 32.6 Å². The van der Waals surface area contributed by atoms with E-state index < -0.39 is 0 Å². The summed E-state index contributed by atoms with van der Waals surface area (Å²) in [6, 6.07) is 0. The van der Waals surface area contributed by atoms with E-state index in [0.717, 1.165) is 19.4 Å². The van der Waals surface area contributed by atoms with E-state index >= 15 is 0 Å². The minimum absolute atomic E-state index is 0.122. The van der Waals surface area contributed by atoms with Gasteiger partial charge in [0.2, 0.25) is 0 Å². The quantitative estimate of drug-likeness (QED) is 0.594. The molecule has 2 heteroatoms. The highest BCUT2D eigenvalue weighted by molar-refractivity contribution is 5.83. The fourth-order valence-electron chi connectivity index (χ4n) is 1.30. The highest BCUT2D eigenvalue weighted by Crippen LogP contribution is 2.14. The van der Waals surface area contributed by atoms with Gasteiger partial charge in [0, 0.05) is 19.4 Å². The summed E-state index contributed by atoms with van der Waals surface area (Å²) in [6.45, 7) is 2.53. The van der Waals surface area contributed by atoms with Gasteiger partial charge in [-0.15, -0.1) is 11.8 Å². The summed E-state index contributed by atoms with van der Waals surface area (Å²) < 4.78 is 5.25. The predicted molar refractivity (Wildman–Crippen MR) is 46.7 cm³/mol. The SMILES string of the molecule is CC#CCCC(=O)C1CCCO1. The second-order valence-electron chi connectivity index (χ2n) is 2.89. The first-order valence-electron chi connectivity index (χ1n) is 4.38. The molecule has 1 saturated heterocycles. The van der Waals surface area contributed by atoms with Gasteiger partial charge in [-0.2, -0.15) is 0 Å². The Labute approximate surface area is 73.3 Å². The standard InChI is InChI=1S/C10H14O2/c1-2-3-4-6-9(11)10-7-5-8-12-10/h10H,4-8H2,1H3. The first kappa shape index (κ1) is 9.28. The number of Topliss-reactive ketones (excluding diaryl/α,β-unsaturated/α-hetero) is 1. The van der Waals surface area contributed by atoms with Crippen molar-refractivity contribution < 1.29 is 9.53 Å². The second kappa shape index (κ2) is 4.95. The third-order valence-corrected chi connectivity index (χ3v) is 1.96. The van der Waals surface area contributed by atoms with E-state index in [1.165, 1.54) is 0 Å². The molecule has 1 unspecified atom stereocenters. The summed E-state index contributed by atoms with van der Waals surface area (Å²) in [5.41, 5.74) is 0. The third kappa shape index (κ3) is 2.67. The lowest BCUT2D eigenvalue weighted by molar-refractivity contribution is -0.127. The Bertz CT molecular complexity index is 204. The van der Waals surface area contributed by atoms with Crippen molar-refractivity contribution in [2.75, 3.05) is 6.61 Å². The van der Waals surface area contributed by atoms with Crippen LogP contribution in [-0.4, -0.2) is 18.5 Å². The summed E-state index contributed by atoms with van der Waals surface area (Å²) in [6.07, 6.45) is 3.03. The Kier molecular flexibility index (Phi) is 3.83. The topological polar surface area (TPSA) is 26.3 Å². The summed E-state index contributed by atoms with van der Waals surface area (Å²) in [5, 5.41) is 0. The van der Waals surface area contributed by atoms with Gasteiger partial charge in [0.25, 0.3) is 0 Å². The molecule has 0 aromatic heterocycles. The van der Waals surface area contributed by atoms with Crippen LogP contribution in [0.5, 0.6) is 0 Å². The van der Waals surface area contributed by atoms with Crippen molar-refractivity contribution >= 4 is 5.78 Å². The molecule has 1 aliphatic heterocycles. The monoisotopic (exact) mass is 166 g/mol. The number of ether oxygens (including phenoxy) is 1. The van der Waals surface area contributed by atoms with Crippen LogP contribution in [0.3, 0.4) is 0 Å². The molecule has 0 radical (unpaired) electrons. The zero-order chi connectivity index (χ0) is 8.81. The Morgan fingerprint density at radius 1 is 1.67 bits per heavy atom. The van der Waals surface area contributed by atoms with Gasteiger partial charge in [-0.1, -0.05) is 0 Å². The molecule has 1 atom stereocenters. The smallest absolute Gasteiger partial charge is 0.162 e. The number of carbonyl (C=O) groups excluding carboxylic acids is 1. The van der Waals surface area contributed by atoms with Gasteiger partial charge < -0.3 is 4.74 Å². The Morgan fingerprint density at radius 2 is 2.50 bits per heavy atom. The molecule has 0 saturated carbocycles. The van der Waals surface area contributed by atoms with E-state index in [4.69, 9.17) is 4.74 Å². The van der Waals surface area contributed by atoms with Crippen molar-refractivity contribution in [3.8, 4) is 11.8 Å². The van der Waals surface area contributed by atoms with E-state index in [0.29, 0.717) is 12.8 Å². The van der Waals surface area contributed by atoms with Crippen LogP contribution in [0.2, 0.25) is 0 Å². The van der Waals surface area contributed by atoms with Crippen molar-refractivity contribution in [2.24, 2.45) is 0 Å². The lowest BCUT2D eigenvalue weighted by atomic mass is 10.1. The van der Waals surface area contributed by atoms with E-state index in [2.05, 4.69) is 11.8 Å². The molecule has 1 aliphatic rings. The van der Waals surface area contributed by atoms with E-state index in [1.807, 2.05) is 0 Å². The van der Waals surface area contributed by atoms with E-state index in [-0.39, 0.29) is 11.9 Å². The summed E-state index contributed by atoms with van der Waals surface area (Å²) in [4.78, 5) is 11.3. The van der Waals surface area contributed by atoms with Crippen molar-refractivity contribution in [1.82, 2.24) is 0 Å². The number of hydrogen-bond acceptors (Lipinski definition) is 2. The summed E-state index contributed by atoms with van der Waals surface area (Å²) >= 11 is 0. The van der Waals surface area contributed by atoms with Gasteiger partial charge in [0.1, 0.15) is 6.10 Å².